The van der Waals surface area contributed by atoms with Crippen LogP contribution in [0.4, 0.5) is 5.69 Å². The van der Waals surface area contributed by atoms with E-state index in [1.807, 2.05) is 19.9 Å². The number of methoxy groups -OCH3 is 1. The first-order valence-electron chi connectivity index (χ1n) is 7.12. The number of rotatable bonds is 8. The molecular formula is C15H24N2O4S. The molecule has 0 unspecified atom stereocenters. The number of hydrogen-bond acceptors (Lipinski definition) is 4. The summed E-state index contributed by atoms with van der Waals surface area (Å²) in [6.45, 7) is 4.44. The Labute approximate surface area is 132 Å². The van der Waals surface area contributed by atoms with Crippen molar-refractivity contribution in [3.05, 3.63) is 24.3 Å². The van der Waals surface area contributed by atoms with Crippen molar-refractivity contribution < 1.29 is 17.9 Å². The standard InChI is InChI=1S/C15H24N2O4S/c1-12(2)11-17(22(4,19)20)10-9-15(18)16-13-7-5-6-8-14(13)21-3/h5-8,12H,9-11H2,1-4H3,(H,16,18). The minimum atomic E-state index is -3.31. The SMILES string of the molecule is COc1ccccc1NC(=O)CCN(CC(C)C)S(C)(=O)=O. The molecule has 0 saturated heterocycles. The summed E-state index contributed by atoms with van der Waals surface area (Å²) in [5.74, 6) is 0.520. The highest BCUT2D eigenvalue weighted by Gasteiger charge is 2.19. The van der Waals surface area contributed by atoms with Gasteiger partial charge in [0.15, 0.2) is 0 Å². The first-order valence-corrected chi connectivity index (χ1v) is 8.97. The number of carbonyl (C=O) groups is 1. The van der Waals surface area contributed by atoms with Crippen molar-refractivity contribution in [1.82, 2.24) is 4.31 Å². The van der Waals surface area contributed by atoms with Crippen molar-refractivity contribution in [2.45, 2.75) is 20.3 Å². The fourth-order valence-corrected chi connectivity index (χ4v) is 2.98. The molecule has 0 fully saturated rings. The molecule has 0 aliphatic heterocycles. The van der Waals surface area contributed by atoms with Crippen LogP contribution in [0.5, 0.6) is 5.75 Å². The lowest BCUT2D eigenvalue weighted by molar-refractivity contribution is -0.116. The van der Waals surface area contributed by atoms with Crippen LogP contribution >= 0.6 is 0 Å². The number of anilines is 1. The number of hydrogen-bond donors (Lipinski definition) is 1. The number of nitrogens with zero attached hydrogens (tertiary/aromatic N) is 1. The Morgan fingerprint density at radius 3 is 2.50 bits per heavy atom. The van der Waals surface area contributed by atoms with Crippen molar-refractivity contribution in [3.8, 4) is 5.75 Å². The van der Waals surface area contributed by atoms with Gasteiger partial charge in [0, 0.05) is 19.5 Å². The molecule has 1 aromatic carbocycles. The maximum atomic E-state index is 12.0. The molecule has 1 amide bonds. The molecule has 1 rings (SSSR count). The Morgan fingerprint density at radius 1 is 1.32 bits per heavy atom. The Hall–Kier alpha value is -1.60. The van der Waals surface area contributed by atoms with E-state index >= 15 is 0 Å². The minimum Gasteiger partial charge on any atom is -0.495 e. The van der Waals surface area contributed by atoms with Gasteiger partial charge in [-0.15, -0.1) is 0 Å². The Morgan fingerprint density at radius 2 is 1.95 bits per heavy atom. The van der Waals surface area contributed by atoms with E-state index in [9.17, 15) is 13.2 Å². The lowest BCUT2D eigenvalue weighted by atomic mass is 10.2. The van der Waals surface area contributed by atoms with E-state index in [1.54, 1.807) is 18.2 Å². The largest absolute Gasteiger partial charge is 0.495 e. The van der Waals surface area contributed by atoms with E-state index in [0.717, 1.165) is 6.26 Å². The van der Waals surface area contributed by atoms with Gasteiger partial charge >= 0.3 is 0 Å². The van der Waals surface area contributed by atoms with Crippen LogP contribution in [-0.4, -0.2) is 45.1 Å². The topological polar surface area (TPSA) is 75.7 Å². The lowest BCUT2D eigenvalue weighted by Crippen LogP contribution is -2.35. The van der Waals surface area contributed by atoms with Crippen LogP contribution in [0.1, 0.15) is 20.3 Å². The zero-order valence-corrected chi connectivity index (χ0v) is 14.3. The summed E-state index contributed by atoms with van der Waals surface area (Å²) >= 11 is 0. The second kappa shape index (κ2) is 8.14. The van der Waals surface area contributed by atoms with Gasteiger partial charge < -0.3 is 10.1 Å². The maximum Gasteiger partial charge on any atom is 0.225 e. The summed E-state index contributed by atoms with van der Waals surface area (Å²) < 4.78 is 29.9. The maximum absolute atomic E-state index is 12.0. The molecular weight excluding hydrogens is 304 g/mol. The fraction of sp³-hybridized carbons (Fsp3) is 0.533. The molecule has 0 aromatic heterocycles. The van der Waals surface area contributed by atoms with E-state index in [-0.39, 0.29) is 24.8 Å². The molecule has 0 aliphatic rings. The normalized spacial score (nSPS) is 11.7. The highest BCUT2D eigenvalue weighted by atomic mass is 32.2. The molecule has 0 atom stereocenters. The van der Waals surface area contributed by atoms with Gasteiger partial charge in [-0.3, -0.25) is 4.79 Å². The van der Waals surface area contributed by atoms with Crippen molar-refractivity contribution in [3.63, 3.8) is 0 Å². The van der Waals surface area contributed by atoms with Crippen LogP contribution in [0.15, 0.2) is 24.3 Å². The smallest absolute Gasteiger partial charge is 0.225 e. The lowest BCUT2D eigenvalue weighted by Gasteiger charge is -2.21. The van der Waals surface area contributed by atoms with Gasteiger partial charge in [0.2, 0.25) is 15.9 Å². The zero-order chi connectivity index (χ0) is 16.8. The van der Waals surface area contributed by atoms with Gasteiger partial charge in [-0.1, -0.05) is 26.0 Å². The third-order valence-electron chi connectivity index (χ3n) is 3.01. The van der Waals surface area contributed by atoms with Crippen molar-refractivity contribution in [1.29, 1.82) is 0 Å². The Balaban J connectivity index is 2.64. The number of amides is 1. The number of carbonyl (C=O) groups excluding carboxylic acids is 1. The number of sulfonamides is 1. The fourth-order valence-electron chi connectivity index (χ4n) is 1.99. The molecule has 124 valence electrons. The number of ether oxygens (including phenoxy) is 1. The van der Waals surface area contributed by atoms with Crippen LogP contribution in [-0.2, 0) is 14.8 Å². The van der Waals surface area contributed by atoms with Crippen LogP contribution in [0.2, 0.25) is 0 Å². The van der Waals surface area contributed by atoms with Crippen LogP contribution in [0.25, 0.3) is 0 Å². The van der Waals surface area contributed by atoms with Crippen LogP contribution in [0.3, 0.4) is 0 Å². The number of benzene rings is 1. The average molecular weight is 328 g/mol. The quantitative estimate of drug-likeness (QED) is 0.791. The first-order chi connectivity index (χ1) is 10.2. The Bertz CT molecular complexity index is 599. The van der Waals surface area contributed by atoms with Crippen LogP contribution in [0, 0.1) is 5.92 Å². The molecule has 0 saturated carbocycles. The zero-order valence-electron chi connectivity index (χ0n) is 13.5. The van der Waals surface area contributed by atoms with Crippen molar-refractivity contribution in [2.24, 2.45) is 5.92 Å². The highest BCUT2D eigenvalue weighted by Crippen LogP contribution is 2.23. The third-order valence-corrected chi connectivity index (χ3v) is 4.28. The van der Waals surface area contributed by atoms with Gasteiger partial charge in [0.1, 0.15) is 5.75 Å². The molecule has 0 aliphatic carbocycles. The summed E-state index contributed by atoms with van der Waals surface area (Å²) in [4.78, 5) is 12.0. The van der Waals surface area contributed by atoms with E-state index in [1.165, 1.54) is 11.4 Å². The highest BCUT2D eigenvalue weighted by molar-refractivity contribution is 7.88. The summed E-state index contributed by atoms with van der Waals surface area (Å²) in [6, 6.07) is 7.08. The number of nitrogens with one attached hydrogen (secondary N) is 1. The second-order valence-electron chi connectivity index (χ2n) is 5.51. The second-order valence-corrected chi connectivity index (χ2v) is 7.50. The van der Waals surface area contributed by atoms with Gasteiger partial charge in [-0.05, 0) is 18.1 Å². The van der Waals surface area contributed by atoms with Gasteiger partial charge in [0.05, 0.1) is 19.1 Å². The molecule has 7 heteroatoms. The molecule has 6 nitrogen and oxygen atoms in total. The van der Waals surface area contributed by atoms with E-state index in [4.69, 9.17) is 4.74 Å². The third kappa shape index (κ3) is 6.03. The van der Waals surface area contributed by atoms with E-state index in [0.29, 0.717) is 18.0 Å². The molecule has 1 N–H and O–H groups in total. The monoisotopic (exact) mass is 328 g/mol. The van der Waals surface area contributed by atoms with E-state index < -0.39 is 10.0 Å². The predicted octanol–water partition coefficient (Wildman–Crippen LogP) is 1.94. The summed E-state index contributed by atoms with van der Waals surface area (Å²) in [5.41, 5.74) is 0.574. The van der Waals surface area contributed by atoms with Crippen LogP contribution < -0.4 is 10.1 Å². The first kappa shape index (κ1) is 18.4. The molecule has 0 heterocycles. The molecule has 0 bridgehead atoms. The van der Waals surface area contributed by atoms with E-state index in [2.05, 4.69) is 5.32 Å². The minimum absolute atomic E-state index is 0.0951. The predicted molar refractivity (Wildman–Crippen MR) is 87.5 cm³/mol. The molecule has 0 spiro atoms. The summed E-state index contributed by atoms with van der Waals surface area (Å²) in [5, 5.41) is 2.74. The van der Waals surface area contributed by atoms with Gasteiger partial charge in [-0.2, -0.15) is 0 Å². The number of para-hydroxylation sites is 2. The van der Waals surface area contributed by atoms with Crippen molar-refractivity contribution in [2.75, 3.05) is 31.8 Å². The Kier molecular flexibility index (Phi) is 6.83. The molecule has 0 radical (unpaired) electrons. The average Bonchev–Trinajstić information content (AvgIpc) is 2.42. The molecule has 22 heavy (non-hydrogen) atoms. The summed E-state index contributed by atoms with van der Waals surface area (Å²) in [6.07, 6.45) is 1.26. The van der Waals surface area contributed by atoms with Crippen molar-refractivity contribution >= 4 is 21.6 Å². The van der Waals surface area contributed by atoms with Gasteiger partial charge in [0.25, 0.3) is 0 Å². The molecule has 1 aromatic rings. The summed E-state index contributed by atoms with van der Waals surface area (Å²) in [7, 11) is -1.79. The van der Waals surface area contributed by atoms with Gasteiger partial charge in [-0.25, -0.2) is 12.7 Å².